The van der Waals surface area contributed by atoms with Gasteiger partial charge in [-0.3, -0.25) is 4.79 Å². The van der Waals surface area contributed by atoms with E-state index in [2.05, 4.69) is 18.4 Å². The van der Waals surface area contributed by atoms with Crippen LogP contribution in [0, 0.1) is 13.8 Å². The normalized spacial score (nSPS) is 16.1. The molecule has 1 amide bonds. The zero-order valence-electron chi connectivity index (χ0n) is 16.1. The highest BCUT2D eigenvalue weighted by Crippen LogP contribution is 2.31. The van der Waals surface area contributed by atoms with Crippen molar-refractivity contribution in [1.29, 1.82) is 0 Å². The van der Waals surface area contributed by atoms with Crippen LogP contribution in [0.15, 0.2) is 30.3 Å². The minimum Gasteiger partial charge on any atom is -0.452 e. The molecule has 0 N–H and O–H groups in total. The second kappa shape index (κ2) is 6.98. The monoisotopic (exact) mass is 354 g/mol. The molecule has 1 aromatic carbocycles. The number of carbonyl (C=O) groups excluding carboxylic acids is 2. The van der Waals surface area contributed by atoms with Gasteiger partial charge in [0.05, 0.1) is 5.56 Å². The van der Waals surface area contributed by atoms with Gasteiger partial charge in [-0.25, -0.2) is 4.79 Å². The quantitative estimate of drug-likeness (QED) is 0.784. The molecule has 0 unspecified atom stereocenters. The van der Waals surface area contributed by atoms with Gasteiger partial charge in [-0.15, -0.1) is 0 Å². The molecule has 138 valence electrons. The summed E-state index contributed by atoms with van der Waals surface area (Å²) in [5.41, 5.74) is 4.48. The Morgan fingerprint density at radius 1 is 1.23 bits per heavy atom. The Balaban J connectivity index is 1.71. The molecule has 0 fully saturated rings. The number of ether oxygens (including phenoxy) is 1. The van der Waals surface area contributed by atoms with Crippen LogP contribution in [-0.2, 0) is 16.0 Å². The van der Waals surface area contributed by atoms with Gasteiger partial charge in [-0.1, -0.05) is 18.2 Å². The molecular weight excluding hydrogens is 328 g/mol. The number of anilines is 1. The zero-order valence-corrected chi connectivity index (χ0v) is 16.1. The maximum atomic E-state index is 12.7. The summed E-state index contributed by atoms with van der Waals surface area (Å²) in [6.45, 7) is 9.79. The molecule has 0 aliphatic carbocycles. The molecule has 2 heterocycles. The van der Waals surface area contributed by atoms with Crippen LogP contribution in [0.2, 0.25) is 0 Å². The second-order valence-corrected chi connectivity index (χ2v) is 7.27. The van der Waals surface area contributed by atoms with Gasteiger partial charge < -0.3 is 14.2 Å². The van der Waals surface area contributed by atoms with Crippen LogP contribution in [0.3, 0.4) is 0 Å². The highest BCUT2D eigenvalue weighted by Gasteiger charge is 2.31. The number of esters is 1. The number of hydrogen-bond donors (Lipinski definition) is 0. The highest BCUT2D eigenvalue weighted by molar-refractivity contribution is 5.99. The van der Waals surface area contributed by atoms with Crippen LogP contribution in [0.25, 0.3) is 0 Å². The van der Waals surface area contributed by atoms with Gasteiger partial charge in [0.2, 0.25) is 0 Å². The van der Waals surface area contributed by atoms with Crippen LogP contribution in [0.1, 0.15) is 54.1 Å². The third-order valence-electron chi connectivity index (χ3n) is 5.02. The maximum Gasteiger partial charge on any atom is 0.340 e. The molecular formula is C21H26N2O3. The van der Waals surface area contributed by atoms with Gasteiger partial charge >= 0.3 is 5.97 Å². The molecule has 1 aromatic heterocycles. The fourth-order valence-electron chi connectivity index (χ4n) is 4.00. The van der Waals surface area contributed by atoms with Crippen LogP contribution in [-0.4, -0.2) is 29.1 Å². The number of fused-ring (bicyclic) bond motifs is 1. The topological polar surface area (TPSA) is 51.5 Å². The van der Waals surface area contributed by atoms with Crippen molar-refractivity contribution >= 4 is 17.6 Å². The standard InChI is InChI=1S/C21H26N2O3/c1-13(2)22-15(4)11-18(16(22)5)21(25)26-12-20(24)23-14(3)10-17-8-6-7-9-19(17)23/h6-9,11,13-14H,10,12H2,1-5H3/t14-/m0/s1. The Hall–Kier alpha value is -2.56. The Labute approximate surface area is 154 Å². The molecule has 5 nitrogen and oxygen atoms in total. The first-order chi connectivity index (χ1) is 12.3. The van der Waals surface area contributed by atoms with Crippen molar-refractivity contribution in [3.05, 3.63) is 52.8 Å². The predicted molar refractivity (Wildman–Crippen MR) is 102 cm³/mol. The van der Waals surface area contributed by atoms with E-state index in [-0.39, 0.29) is 24.6 Å². The van der Waals surface area contributed by atoms with E-state index in [0.717, 1.165) is 29.1 Å². The Morgan fingerprint density at radius 3 is 2.58 bits per heavy atom. The smallest absolute Gasteiger partial charge is 0.340 e. The van der Waals surface area contributed by atoms with Gasteiger partial charge in [0.1, 0.15) is 0 Å². The average Bonchev–Trinajstić information content (AvgIpc) is 3.07. The van der Waals surface area contributed by atoms with Gasteiger partial charge in [-0.05, 0) is 58.7 Å². The van der Waals surface area contributed by atoms with Crippen molar-refractivity contribution in [2.75, 3.05) is 11.5 Å². The molecule has 0 saturated carbocycles. The van der Waals surface area contributed by atoms with E-state index in [1.54, 1.807) is 4.90 Å². The van der Waals surface area contributed by atoms with Gasteiger partial charge in [0, 0.05) is 29.2 Å². The molecule has 2 aromatic rings. The molecule has 1 atom stereocenters. The van der Waals surface area contributed by atoms with Crippen molar-refractivity contribution < 1.29 is 14.3 Å². The van der Waals surface area contributed by atoms with E-state index in [4.69, 9.17) is 4.74 Å². The SMILES string of the molecule is Cc1cc(C(=O)OCC(=O)N2c3ccccc3C[C@@H]2C)c(C)n1C(C)C. The number of aryl methyl sites for hydroxylation is 1. The molecule has 0 bridgehead atoms. The average molecular weight is 354 g/mol. The number of rotatable bonds is 4. The van der Waals surface area contributed by atoms with Crippen LogP contribution in [0.5, 0.6) is 0 Å². The second-order valence-electron chi connectivity index (χ2n) is 7.27. The molecule has 0 spiro atoms. The van der Waals surface area contributed by atoms with Gasteiger partial charge in [0.25, 0.3) is 5.91 Å². The number of para-hydroxylation sites is 1. The van der Waals surface area contributed by atoms with Gasteiger partial charge in [-0.2, -0.15) is 0 Å². The molecule has 0 saturated heterocycles. The lowest BCUT2D eigenvalue weighted by atomic mass is 10.1. The summed E-state index contributed by atoms with van der Waals surface area (Å²) >= 11 is 0. The Bertz CT molecular complexity index is 851. The molecule has 3 rings (SSSR count). The minimum atomic E-state index is -0.446. The number of hydrogen-bond acceptors (Lipinski definition) is 3. The minimum absolute atomic E-state index is 0.0737. The third kappa shape index (κ3) is 3.14. The summed E-state index contributed by atoms with van der Waals surface area (Å²) < 4.78 is 7.45. The fourth-order valence-corrected chi connectivity index (χ4v) is 4.00. The lowest BCUT2D eigenvalue weighted by Crippen LogP contribution is -2.38. The number of benzene rings is 1. The van der Waals surface area contributed by atoms with Crippen molar-refractivity contribution in [2.24, 2.45) is 0 Å². The van der Waals surface area contributed by atoms with Crippen molar-refractivity contribution in [2.45, 2.75) is 53.1 Å². The number of nitrogens with zero attached hydrogens (tertiary/aromatic N) is 2. The van der Waals surface area contributed by atoms with E-state index in [1.165, 1.54) is 0 Å². The number of carbonyl (C=O) groups is 2. The van der Waals surface area contributed by atoms with Crippen molar-refractivity contribution in [1.82, 2.24) is 4.57 Å². The van der Waals surface area contributed by atoms with Crippen LogP contribution >= 0.6 is 0 Å². The number of amides is 1. The Morgan fingerprint density at radius 2 is 1.92 bits per heavy atom. The van der Waals surface area contributed by atoms with Crippen LogP contribution in [0.4, 0.5) is 5.69 Å². The predicted octanol–water partition coefficient (Wildman–Crippen LogP) is 3.82. The van der Waals surface area contributed by atoms with E-state index in [9.17, 15) is 9.59 Å². The first-order valence-electron chi connectivity index (χ1n) is 9.06. The highest BCUT2D eigenvalue weighted by atomic mass is 16.5. The first kappa shape index (κ1) is 18.2. The van der Waals surface area contributed by atoms with E-state index >= 15 is 0 Å². The first-order valence-corrected chi connectivity index (χ1v) is 9.06. The number of aromatic nitrogens is 1. The Kier molecular flexibility index (Phi) is 4.90. The van der Waals surface area contributed by atoms with E-state index in [1.807, 2.05) is 51.1 Å². The lowest BCUT2D eigenvalue weighted by molar-refractivity contribution is -0.122. The molecule has 1 aliphatic heterocycles. The summed E-state index contributed by atoms with van der Waals surface area (Å²) in [5, 5.41) is 0. The molecule has 0 radical (unpaired) electrons. The maximum absolute atomic E-state index is 12.7. The van der Waals surface area contributed by atoms with Crippen LogP contribution < -0.4 is 4.90 Å². The molecule has 1 aliphatic rings. The molecule has 26 heavy (non-hydrogen) atoms. The fraction of sp³-hybridized carbons (Fsp3) is 0.429. The lowest BCUT2D eigenvalue weighted by Gasteiger charge is -2.22. The zero-order chi connectivity index (χ0) is 19.0. The summed E-state index contributed by atoms with van der Waals surface area (Å²) in [6, 6.07) is 10.0. The van der Waals surface area contributed by atoms with E-state index < -0.39 is 5.97 Å². The largest absolute Gasteiger partial charge is 0.452 e. The van der Waals surface area contributed by atoms with E-state index in [0.29, 0.717) is 5.56 Å². The summed E-state index contributed by atoms with van der Waals surface area (Å²) in [7, 11) is 0. The van der Waals surface area contributed by atoms with Crippen molar-refractivity contribution in [3.63, 3.8) is 0 Å². The summed E-state index contributed by atoms with van der Waals surface area (Å²) in [6.07, 6.45) is 0.825. The third-order valence-corrected chi connectivity index (χ3v) is 5.02. The van der Waals surface area contributed by atoms with Gasteiger partial charge in [0.15, 0.2) is 6.61 Å². The van der Waals surface area contributed by atoms with Crippen molar-refractivity contribution in [3.8, 4) is 0 Å². The summed E-state index contributed by atoms with van der Waals surface area (Å²) in [5.74, 6) is -0.632. The molecule has 5 heteroatoms. The summed E-state index contributed by atoms with van der Waals surface area (Å²) in [4.78, 5) is 26.9.